The first-order valence-electron chi connectivity index (χ1n) is 7.61. The van der Waals surface area contributed by atoms with E-state index >= 15 is 0 Å². The molecule has 0 aromatic carbocycles. The van der Waals surface area contributed by atoms with E-state index in [-0.39, 0.29) is 6.10 Å². The van der Waals surface area contributed by atoms with Crippen LogP contribution in [0.1, 0.15) is 59.3 Å². The fraction of sp³-hybridized carbons (Fsp3) is 1.00. The molecule has 1 rings (SSSR count). The lowest BCUT2D eigenvalue weighted by molar-refractivity contribution is -0.00617. The van der Waals surface area contributed by atoms with Gasteiger partial charge in [-0.25, -0.2) is 0 Å². The molecule has 1 aliphatic carbocycles. The molecule has 0 radical (unpaired) electrons. The summed E-state index contributed by atoms with van der Waals surface area (Å²) in [7, 11) is 0. The fourth-order valence-electron chi connectivity index (χ4n) is 2.38. The second-order valence-electron chi connectivity index (χ2n) is 6.17. The summed E-state index contributed by atoms with van der Waals surface area (Å²) in [5.74, 6) is 0.755. The van der Waals surface area contributed by atoms with Crippen LogP contribution < -0.4 is 5.32 Å². The first-order chi connectivity index (χ1) is 8.58. The van der Waals surface area contributed by atoms with Gasteiger partial charge < -0.3 is 15.2 Å². The van der Waals surface area contributed by atoms with E-state index in [0.717, 1.165) is 5.92 Å². The smallest absolute Gasteiger partial charge is 0.0897 e. The quantitative estimate of drug-likeness (QED) is 0.667. The molecule has 0 saturated heterocycles. The molecule has 108 valence electrons. The van der Waals surface area contributed by atoms with Crippen LogP contribution in [0, 0.1) is 5.92 Å². The van der Waals surface area contributed by atoms with Gasteiger partial charge in [0.05, 0.1) is 18.8 Å². The largest absolute Gasteiger partial charge is 0.389 e. The van der Waals surface area contributed by atoms with Crippen molar-refractivity contribution in [2.24, 2.45) is 5.92 Å². The Labute approximate surface area is 112 Å². The summed E-state index contributed by atoms with van der Waals surface area (Å²) in [5.41, 5.74) is 0. The Bertz CT molecular complexity index is 203. The van der Waals surface area contributed by atoms with Gasteiger partial charge in [0.2, 0.25) is 0 Å². The molecular formula is C15H31NO2. The molecule has 3 nitrogen and oxygen atoms in total. The van der Waals surface area contributed by atoms with Crippen LogP contribution in [-0.4, -0.2) is 36.5 Å². The summed E-state index contributed by atoms with van der Waals surface area (Å²) in [4.78, 5) is 0. The van der Waals surface area contributed by atoms with E-state index < -0.39 is 0 Å². The van der Waals surface area contributed by atoms with E-state index in [1.807, 2.05) is 0 Å². The Balaban J connectivity index is 1.99. The molecule has 2 N–H and O–H groups in total. The molecule has 0 amide bonds. The topological polar surface area (TPSA) is 41.5 Å². The molecule has 0 spiro atoms. The van der Waals surface area contributed by atoms with Crippen LogP contribution in [0.4, 0.5) is 0 Å². The second kappa shape index (κ2) is 8.89. The SMILES string of the molecule is CC(C)CC[C@@H](C)NC[C@@H](O)COC1CCCC1. The first kappa shape index (κ1) is 15.9. The van der Waals surface area contributed by atoms with Gasteiger partial charge in [-0.05, 0) is 38.5 Å². The lowest BCUT2D eigenvalue weighted by Crippen LogP contribution is -2.36. The number of ether oxygens (including phenoxy) is 1. The van der Waals surface area contributed by atoms with Gasteiger partial charge in [-0.15, -0.1) is 0 Å². The van der Waals surface area contributed by atoms with Crippen LogP contribution >= 0.6 is 0 Å². The van der Waals surface area contributed by atoms with Gasteiger partial charge in [-0.3, -0.25) is 0 Å². The first-order valence-corrected chi connectivity index (χ1v) is 7.61. The van der Waals surface area contributed by atoms with E-state index in [1.165, 1.54) is 38.5 Å². The van der Waals surface area contributed by atoms with Gasteiger partial charge in [0.15, 0.2) is 0 Å². The zero-order valence-corrected chi connectivity index (χ0v) is 12.3. The van der Waals surface area contributed by atoms with E-state index in [9.17, 15) is 5.11 Å². The minimum Gasteiger partial charge on any atom is -0.389 e. The predicted molar refractivity (Wildman–Crippen MR) is 75.8 cm³/mol. The van der Waals surface area contributed by atoms with Crippen LogP contribution in [0.15, 0.2) is 0 Å². The van der Waals surface area contributed by atoms with Crippen molar-refractivity contribution in [3.63, 3.8) is 0 Å². The third-order valence-electron chi connectivity index (χ3n) is 3.71. The van der Waals surface area contributed by atoms with Crippen molar-refractivity contribution in [3.05, 3.63) is 0 Å². The minimum atomic E-state index is -0.368. The molecule has 1 aliphatic rings. The molecule has 0 aromatic rings. The minimum absolute atomic E-state index is 0.368. The number of rotatable bonds is 9. The Morgan fingerprint density at radius 1 is 1.17 bits per heavy atom. The van der Waals surface area contributed by atoms with Crippen LogP contribution in [0.5, 0.6) is 0 Å². The molecule has 2 atom stereocenters. The third-order valence-corrected chi connectivity index (χ3v) is 3.71. The summed E-state index contributed by atoms with van der Waals surface area (Å²) in [6.45, 7) is 7.81. The van der Waals surface area contributed by atoms with Crippen LogP contribution in [0.25, 0.3) is 0 Å². The molecule has 0 unspecified atom stereocenters. The Morgan fingerprint density at radius 3 is 2.44 bits per heavy atom. The maximum absolute atomic E-state index is 9.85. The summed E-state index contributed by atoms with van der Waals surface area (Å²) >= 11 is 0. The zero-order valence-electron chi connectivity index (χ0n) is 12.3. The van der Waals surface area contributed by atoms with E-state index in [2.05, 4.69) is 26.1 Å². The molecule has 0 aliphatic heterocycles. The van der Waals surface area contributed by atoms with Gasteiger partial charge in [-0.1, -0.05) is 26.7 Å². The van der Waals surface area contributed by atoms with Crippen molar-refractivity contribution in [3.8, 4) is 0 Å². The average Bonchev–Trinajstić information content (AvgIpc) is 2.84. The normalized spacial score (nSPS) is 20.5. The molecular weight excluding hydrogens is 226 g/mol. The Kier molecular flexibility index (Phi) is 7.87. The standard InChI is InChI=1S/C15H31NO2/c1-12(2)8-9-13(3)16-10-14(17)11-18-15-6-4-5-7-15/h12-17H,4-11H2,1-3H3/t13-,14-/m1/s1. The van der Waals surface area contributed by atoms with Crippen molar-refractivity contribution < 1.29 is 9.84 Å². The lowest BCUT2D eigenvalue weighted by atomic mass is 10.0. The Morgan fingerprint density at radius 2 is 1.83 bits per heavy atom. The molecule has 18 heavy (non-hydrogen) atoms. The van der Waals surface area contributed by atoms with Gasteiger partial charge >= 0.3 is 0 Å². The number of hydrogen-bond acceptors (Lipinski definition) is 3. The van der Waals surface area contributed by atoms with Crippen molar-refractivity contribution in [2.75, 3.05) is 13.2 Å². The van der Waals surface area contributed by atoms with Crippen molar-refractivity contribution in [1.82, 2.24) is 5.32 Å². The maximum atomic E-state index is 9.85. The zero-order chi connectivity index (χ0) is 13.4. The number of aliphatic hydroxyl groups excluding tert-OH is 1. The monoisotopic (exact) mass is 257 g/mol. The highest BCUT2D eigenvalue weighted by Gasteiger charge is 2.17. The predicted octanol–water partition coefficient (Wildman–Crippen LogP) is 2.72. The Hall–Kier alpha value is -0.120. The molecule has 1 fully saturated rings. The van der Waals surface area contributed by atoms with Gasteiger partial charge in [-0.2, -0.15) is 0 Å². The summed E-state index contributed by atoms with van der Waals surface area (Å²) in [6.07, 6.45) is 7.36. The highest BCUT2D eigenvalue weighted by atomic mass is 16.5. The highest BCUT2D eigenvalue weighted by Crippen LogP contribution is 2.20. The van der Waals surface area contributed by atoms with Crippen molar-refractivity contribution >= 4 is 0 Å². The van der Waals surface area contributed by atoms with Crippen LogP contribution in [0.3, 0.4) is 0 Å². The van der Waals surface area contributed by atoms with Crippen molar-refractivity contribution in [1.29, 1.82) is 0 Å². The number of hydrogen-bond donors (Lipinski definition) is 2. The fourth-order valence-corrected chi connectivity index (χ4v) is 2.38. The number of aliphatic hydroxyl groups is 1. The van der Waals surface area contributed by atoms with E-state index in [1.54, 1.807) is 0 Å². The van der Waals surface area contributed by atoms with Gasteiger partial charge in [0.25, 0.3) is 0 Å². The number of nitrogens with one attached hydrogen (secondary N) is 1. The van der Waals surface area contributed by atoms with E-state index in [0.29, 0.717) is 25.3 Å². The average molecular weight is 257 g/mol. The van der Waals surface area contributed by atoms with Gasteiger partial charge in [0, 0.05) is 12.6 Å². The molecule has 3 heteroatoms. The molecule has 1 saturated carbocycles. The summed E-state index contributed by atoms with van der Waals surface area (Å²) in [6, 6.07) is 0.480. The third kappa shape index (κ3) is 7.34. The van der Waals surface area contributed by atoms with Gasteiger partial charge in [0.1, 0.15) is 0 Å². The van der Waals surface area contributed by atoms with Crippen molar-refractivity contribution in [2.45, 2.75) is 77.5 Å². The van der Waals surface area contributed by atoms with Crippen LogP contribution in [0.2, 0.25) is 0 Å². The molecule has 0 bridgehead atoms. The summed E-state index contributed by atoms with van der Waals surface area (Å²) in [5, 5.41) is 13.2. The van der Waals surface area contributed by atoms with E-state index in [4.69, 9.17) is 4.74 Å². The summed E-state index contributed by atoms with van der Waals surface area (Å²) < 4.78 is 5.71. The van der Waals surface area contributed by atoms with Crippen LogP contribution in [-0.2, 0) is 4.74 Å². The molecule has 0 heterocycles. The second-order valence-corrected chi connectivity index (χ2v) is 6.17. The maximum Gasteiger partial charge on any atom is 0.0897 e. The highest BCUT2D eigenvalue weighted by molar-refractivity contribution is 4.69. The lowest BCUT2D eigenvalue weighted by Gasteiger charge is -2.19. The molecule has 0 aromatic heterocycles.